The number of pyridine rings is 2. The van der Waals surface area contributed by atoms with Gasteiger partial charge in [0.2, 0.25) is 0 Å². The topological polar surface area (TPSA) is 105 Å². The second-order valence-corrected chi connectivity index (χ2v) is 9.62. The smallest absolute Gasteiger partial charge is 0.253 e. The molecule has 0 fully saturated rings. The average Bonchev–Trinajstić information content (AvgIpc) is 2.92. The van der Waals surface area contributed by atoms with Gasteiger partial charge in [0.25, 0.3) is 5.91 Å². The van der Waals surface area contributed by atoms with Crippen LogP contribution < -0.4 is 16.0 Å². The highest BCUT2D eigenvalue weighted by Crippen LogP contribution is 2.34. The highest BCUT2D eigenvalue weighted by molar-refractivity contribution is 7.99. The molecule has 1 amide bonds. The van der Waals surface area contributed by atoms with Crippen molar-refractivity contribution in [1.82, 2.24) is 25.3 Å². The molecule has 0 spiro atoms. The summed E-state index contributed by atoms with van der Waals surface area (Å²) in [4.78, 5) is 30.6. The number of aromatic nitrogens is 4. The molecule has 3 aromatic heterocycles. The van der Waals surface area contributed by atoms with Crippen LogP contribution in [0.15, 0.2) is 55.1 Å². The van der Waals surface area contributed by atoms with Gasteiger partial charge in [-0.3, -0.25) is 14.8 Å². The highest BCUT2D eigenvalue weighted by atomic mass is 32.2. The number of rotatable bonds is 9. The third-order valence-electron chi connectivity index (χ3n) is 6.36. The first-order chi connectivity index (χ1) is 17.5. The van der Waals surface area contributed by atoms with Gasteiger partial charge in [-0.05, 0) is 36.8 Å². The zero-order chi connectivity index (χ0) is 25.7. The Labute approximate surface area is 215 Å². The SMILES string of the molecule is CNC(=O)c1c(NC)cnc2c(C(C)C(CNc3cc(-c4ccc(C)nc4)ncn3)SC)cccc12. The van der Waals surface area contributed by atoms with E-state index in [0.717, 1.165) is 39.2 Å². The van der Waals surface area contributed by atoms with Crippen LogP contribution in [0.3, 0.4) is 0 Å². The average molecular weight is 502 g/mol. The van der Waals surface area contributed by atoms with Crippen LogP contribution in [0.4, 0.5) is 11.5 Å². The van der Waals surface area contributed by atoms with Crippen LogP contribution in [0.5, 0.6) is 0 Å². The lowest BCUT2D eigenvalue weighted by molar-refractivity contribution is 0.0965. The number of para-hydroxylation sites is 1. The van der Waals surface area contributed by atoms with Crippen molar-refractivity contribution in [2.45, 2.75) is 25.0 Å². The molecule has 0 saturated heterocycles. The number of benzene rings is 1. The number of hydrogen-bond donors (Lipinski definition) is 3. The van der Waals surface area contributed by atoms with Crippen LogP contribution >= 0.6 is 11.8 Å². The van der Waals surface area contributed by atoms with Gasteiger partial charge >= 0.3 is 0 Å². The van der Waals surface area contributed by atoms with Gasteiger partial charge in [0.1, 0.15) is 12.1 Å². The number of carbonyl (C=O) groups is 1. The number of thioether (sulfide) groups is 1. The Hall–Kier alpha value is -3.72. The maximum absolute atomic E-state index is 12.7. The van der Waals surface area contributed by atoms with Crippen LogP contribution in [0.1, 0.15) is 34.5 Å². The first-order valence-corrected chi connectivity index (χ1v) is 13.1. The molecule has 3 heterocycles. The van der Waals surface area contributed by atoms with Gasteiger partial charge in [-0.15, -0.1) is 0 Å². The van der Waals surface area contributed by atoms with Crippen molar-refractivity contribution in [2.24, 2.45) is 0 Å². The molecule has 8 nitrogen and oxygen atoms in total. The summed E-state index contributed by atoms with van der Waals surface area (Å²) in [7, 11) is 3.44. The Balaban J connectivity index is 1.58. The molecule has 9 heteroatoms. The number of anilines is 2. The van der Waals surface area contributed by atoms with Gasteiger partial charge in [0.15, 0.2) is 0 Å². The molecule has 0 bridgehead atoms. The predicted molar refractivity (Wildman–Crippen MR) is 149 cm³/mol. The van der Waals surface area contributed by atoms with Crippen molar-refractivity contribution in [3.8, 4) is 11.3 Å². The molecule has 0 saturated carbocycles. The maximum Gasteiger partial charge on any atom is 0.253 e. The van der Waals surface area contributed by atoms with Crippen molar-refractivity contribution >= 4 is 40.1 Å². The quantitative estimate of drug-likeness (QED) is 0.302. The molecular formula is C27H31N7OS. The lowest BCUT2D eigenvalue weighted by atomic mass is 9.93. The standard InChI is InChI=1S/C27H31N7OS/c1-16-9-10-18(12-30-16)21-11-24(34-15-33-21)31-14-23(36-5)17(2)19-7-6-8-20-25(27(35)29-4)22(28-3)13-32-26(19)20/h6-13,15,17,23,28H,14H2,1-5H3,(H,29,35)(H,31,33,34). The second-order valence-electron chi connectivity index (χ2n) is 8.54. The molecule has 0 radical (unpaired) electrons. The van der Waals surface area contributed by atoms with Crippen molar-refractivity contribution in [1.29, 1.82) is 0 Å². The summed E-state index contributed by atoms with van der Waals surface area (Å²) < 4.78 is 0. The minimum atomic E-state index is -0.136. The van der Waals surface area contributed by atoms with E-state index < -0.39 is 0 Å². The van der Waals surface area contributed by atoms with Crippen LogP contribution in [0.2, 0.25) is 0 Å². The second kappa shape index (κ2) is 11.3. The Morgan fingerprint density at radius 1 is 1.06 bits per heavy atom. The van der Waals surface area contributed by atoms with Crippen molar-refractivity contribution < 1.29 is 4.79 Å². The van der Waals surface area contributed by atoms with E-state index in [1.54, 1.807) is 38.4 Å². The Morgan fingerprint density at radius 3 is 2.58 bits per heavy atom. The fraction of sp³-hybridized carbons (Fsp3) is 0.296. The van der Waals surface area contributed by atoms with Gasteiger partial charge < -0.3 is 16.0 Å². The van der Waals surface area contributed by atoms with Crippen LogP contribution in [-0.4, -0.2) is 58.0 Å². The summed E-state index contributed by atoms with van der Waals surface area (Å²) in [6.07, 6.45) is 7.25. The number of aryl methyl sites for hydroxylation is 1. The van der Waals surface area contributed by atoms with Crippen molar-refractivity contribution in [3.05, 3.63) is 71.9 Å². The lowest BCUT2D eigenvalue weighted by Gasteiger charge is -2.24. The molecule has 0 aliphatic rings. The summed E-state index contributed by atoms with van der Waals surface area (Å²) in [5.74, 6) is 0.802. The molecule has 2 atom stereocenters. The molecule has 4 aromatic rings. The normalized spacial score (nSPS) is 12.7. The van der Waals surface area contributed by atoms with Gasteiger partial charge in [-0.1, -0.05) is 25.1 Å². The zero-order valence-electron chi connectivity index (χ0n) is 21.2. The Morgan fingerprint density at radius 2 is 1.89 bits per heavy atom. The third-order valence-corrected chi connectivity index (χ3v) is 7.54. The number of nitrogens with one attached hydrogen (secondary N) is 3. The zero-order valence-corrected chi connectivity index (χ0v) is 22.0. The number of carbonyl (C=O) groups excluding carboxylic acids is 1. The molecule has 0 aliphatic carbocycles. The van der Waals surface area contributed by atoms with E-state index in [-0.39, 0.29) is 17.1 Å². The van der Waals surface area contributed by atoms with E-state index in [9.17, 15) is 4.79 Å². The Kier molecular flexibility index (Phi) is 8.00. The van der Waals surface area contributed by atoms with Crippen LogP contribution in [-0.2, 0) is 0 Å². The number of nitrogens with zero attached hydrogens (tertiary/aromatic N) is 4. The lowest BCUT2D eigenvalue weighted by Crippen LogP contribution is -2.24. The first-order valence-electron chi connectivity index (χ1n) is 11.8. The summed E-state index contributed by atoms with van der Waals surface area (Å²) in [5.41, 5.74) is 6.02. The number of fused-ring (bicyclic) bond motifs is 1. The molecule has 1 aromatic carbocycles. The summed E-state index contributed by atoms with van der Waals surface area (Å²) in [6, 6.07) is 12.0. The highest BCUT2D eigenvalue weighted by Gasteiger charge is 2.23. The summed E-state index contributed by atoms with van der Waals surface area (Å²) >= 11 is 1.79. The molecule has 2 unspecified atom stereocenters. The fourth-order valence-electron chi connectivity index (χ4n) is 4.27. The van der Waals surface area contributed by atoms with E-state index in [4.69, 9.17) is 4.98 Å². The molecule has 0 aliphatic heterocycles. The minimum Gasteiger partial charge on any atom is -0.386 e. The van der Waals surface area contributed by atoms with Crippen molar-refractivity contribution in [2.75, 3.05) is 37.5 Å². The van der Waals surface area contributed by atoms with Gasteiger partial charge in [-0.25, -0.2) is 9.97 Å². The van der Waals surface area contributed by atoms with Gasteiger partial charge in [0.05, 0.1) is 28.7 Å². The van der Waals surface area contributed by atoms with E-state index in [2.05, 4.69) is 50.1 Å². The van der Waals surface area contributed by atoms with E-state index in [0.29, 0.717) is 17.8 Å². The molecule has 36 heavy (non-hydrogen) atoms. The van der Waals surface area contributed by atoms with E-state index >= 15 is 0 Å². The van der Waals surface area contributed by atoms with Crippen LogP contribution in [0, 0.1) is 6.92 Å². The Bertz CT molecular complexity index is 1360. The monoisotopic (exact) mass is 501 g/mol. The predicted octanol–water partition coefficient (Wildman–Crippen LogP) is 4.74. The van der Waals surface area contributed by atoms with Crippen molar-refractivity contribution in [3.63, 3.8) is 0 Å². The first kappa shape index (κ1) is 25.4. The third kappa shape index (κ3) is 5.26. The summed E-state index contributed by atoms with van der Waals surface area (Å²) in [5, 5.41) is 10.4. The van der Waals surface area contributed by atoms with E-state index in [1.807, 2.05) is 43.5 Å². The molecular weight excluding hydrogens is 470 g/mol. The number of hydrogen-bond acceptors (Lipinski definition) is 8. The molecule has 4 rings (SSSR count). The molecule has 186 valence electrons. The fourth-order valence-corrected chi connectivity index (χ4v) is 5.08. The van der Waals surface area contributed by atoms with Gasteiger partial charge in [0, 0.05) is 54.8 Å². The largest absolute Gasteiger partial charge is 0.386 e. The van der Waals surface area contributed by atoms with Crippen LogP contribution in [0.25, 0.3) is 22.2 Å². The minimum absolute atomic E-state index is 0.136. The maximum atomic E-state index is 12.7. The molecule has 3 N–H and O–H groups in total. The summed E-state index contributed by atoms with van der Waals surface area (Å²) in [6.45, 7) is 4.87. The van der Waals surface area contributed by atoms with E-state index in [1.165, 1.54) is 0 Å². The van der Waals surface area contributed by atoms with Gasteiger partial charge in [-0.2, -0.15) is 11.8 Å². The number of amides is 1.